The van der Waals surface area contributed by atoms with Gasteiger partial charge in [-0.1, -0.05) is 6.58 Å². The molecule has 0 saturated heterocycles. The average Bonchev–Trinajstić information content (AvgIpc) is 2.89. The smallest absolute Gasteiger partial charge is 0.426 e. The van der Waals surface area contributed by atoms with Crippen molar-refractivity contribution in [3.63, 3.8) is 0 Å². The second-order valence-electron chi connectivity index (χ2n) is 4.32. The molecule has 3 N–H and O–H groups in total. The number of hydrogen-bond donors (Lipinski definition) is 3. The number of thiophene rings is 1. The van der Waals surface area contributed by atoms with Crippen molar-refractivity contribution in [1.82, 2.24) is 10.2 Å². The summed E-state index contributed by atoms with van der Waals surface area (Å²) in [5.74, 6) is -1.65. The number of likely N-dealkylation sites (N-methyl/N-ethyl adjacent to an activating group) is 1. The van der Waals surface area contributed by atoms with E-state index in [0.29, 0.717) is 6.42 Å². The Kier molecular flexibility index (Phi) is 6.43. The van der Waals surface area contributed by atoms with Gasteiger partial charge in [0.15, 0.2) is 0 Å². The first-order valence-electron chi connectivity index (χ1n) is 5.98. The van der Waals surface area contributed by atoms with Crippen LogP contribution < -0.4 is 5.32 Å². The average molecular weight is 296 g/mol. The first kappa shape index (κ1) is 16.4. The van der Waals surface area contributed by atoms with Crippen LogP contribution in [0.1, 0.15) is 5.56 Å². The van der Waals surface area contributed by atoms with Crippen LogP contribution in [0.25, 0.3) is 0 Å². The van der Waals surface area contributed by atoms with E-state index in [9.17, 15) is 19.6 Å². The third-order valence-corrected chi connectivity index (χ3v) is 3.41. The molecule has 0 unspecified atom stereocenters. The van der Waals surface area contributed by atoms with Crippen LogP contribution in [0.15, 0.2) is 29.5 Å². The van der Waals surface area contributed by atoms with Crippen molar-refractivity contribution < 1.29 is 19.6 Å². The zero-order valence-electron chi connectivity index (χ0n) is 11.2. The molecular formula is C12H17BN2O4S. The molecule has 20 heavy (non-hydrogen) atoms. The lowest BCUT2D eigenvalue weighted by atomic mass is 9.76. The largest absolute Gasteiger partial charge is 0.475 e. The van der Waals surface area contributed by atoms with Crippen molar-refractivity contribution in [3.8, 4) is 0 Å². The molecule has 0 bridgehead atoms. The summed E-state index contributed by atoms with van der Waals surface area (Å²) in [6.45, 7) is 3.16. The fraction of sp³-hybridized carbons (Fsp3) is 0.333. The minimum Gasteiger partial charge on any atom is -0.426 e. The molecule has 0 fully saturated rings. The monoisotopic (exact) mass is 296 g/mol. The summed E-state index contributed by atoms with van der Waals surface area (Å²) in [6, 6.07) is 1.85. The van der Waals surface area contributed by atoms with Gasteiger partial charge in [-0.15, -0.1) is 0 Å². The molecule has 0 saturated carbocycles. The second-order valence-corrected chi connectivity index (χ2v) is 5.10. The Morgan fingerprint density at radius 1 is 1.60 bits per heavy atom. The summed E-state index contributed by atoms with van der Waals surface area (Å²) in [5.41, 5.74) is 0.906. The van der Waals surface area contributed by atoms with Crippen molar-refractivity contribution in [2.75, 3.05) is 13.6 Å². The number of nitrogens with zero attached hydrogens (tertiary/aromatic N) is 1. The van der Waals surface area contributed by atoms with E-state index in [1.807, 2.05) is 16.8 Å². The van der Waals surface area contributed by atoms with E-state index in [1.54, 1.807) is 0 Å². The zero-order valence-corrected chi connectivity index (χ0v) is 12.0. The molecule has 0 radical (unpaired) electrons. The van der Waals surface area contributed by atoms with E-state index < -0.39 is 19.0 Å². The number of hydrogen-bond acceptors (Lipinski definition) is 5. The summed E-state index contributed by atoms with van der Waals surface area (Å²) >= 11 is 1.49. The van der Waals surface area contributed by atoms with E-state index in [1.165, 1.54) is 23.3 Å². The molecule has 0 aliphatic carbocycles. The molecule has 0 aliphatic heterocycles. The highest BCUT2D eigenvalue weighted by atomic mass is 32.1. The van der Waals surface area contributed by atoms with Gasteiger partial charge in [0, 0.05) is 7.05 Å². The van der Waals surface area contributed by atoms with E-state index in [-0.39, 0.29) is 12.5 Å². The Labute approximate surface area is 121 Å². The Balaban J connectivity index is 2.55. The van der Waals surface area contributed by atoms with Crippen molar-refractivity contribution in [2.24, 2.45) is 0 Å². The van der Waals surface area contributed by atoms with E-state index in [4.69, 9.17) is 0 Å². The summed E-state index contributed by atoms with van der Waals surface area (Å²) in [4.78, 5) is 24.2. The molecule has 1 aromatic rings. The number of amides is 2. The van der Waals surface area contributed by atoms with Crippen LogP contribution in [0.5, 0.6) is 0 Å². The Morgan fingerprint density at radius 3 is 2.80 bits per heavy atom. The maximum Gasteiger partial charge on any atom is 0.475 e. The first-order valence-corrected chi connectivity index (χ1v) is 6.92. The third-order valence-electron chi connectivity index (χ3n) is 2.67. The predicted octanol–water partition coefficient (Wildman–Crippen LogP) is -0.568. The lowest BCUT2D eigenvalue weighted by Crippen LogP contribution is -2.50. The molecule has 1 rings (SSSR count). The highest BCUT2D eigenvalue weighted by Gasteiger charge is 2.26. The SMILES string of the molecule is C=CC(=O)N(C)CC(=O)N[C@H](Cc1ccsc1)B(O)O. The van der Waals surface area contributed by atoms with Crippen LogP contribution >= 0.6 is 11.3 Å². The van der Waals surface area contributed by atoms with E-state index in [2.05, 4.69) is 11.9 Å². The van der Waals surface area contributed by atoms with Gasteiger partial charge in [-0.3, -0.25) is 9.59 Å². The molecule has 1 heterocycles. The molecule has 2 amide bonds. The second kappa shape index (κ2) is 7.83. The molecule has 1 aromatic heterocycles. The van der Waals surface area contributed by atoms with E-state index in [0.717, 1.165) is 11.6 Å². The van der Waals surface area contributed by atoms with Crippen LogP contribution in [0.3, 0.4) is 0 Å². The van der Waals surface area contributed by atoms with Gasteiger partial charge in [-0.2, -0.15) is 11.3 Å². The van der Waals surface area contributed by atoms with Crippen LogP contribution in [-0.4, -0.2) is 53.4 Å². The standard InChI is InChI=1S/C12H17BN2O4S/c1-3-12(17)15(2)7-11(16)14-10(13(18)19)6-9-4-5-20-8-9/h3-5,8,10,18-19H,1,6-7H2,2H3,(H,14,16)/t10-/m1/s1. The molecule has 0 aliphatic rings. The lowest BCUT2D eigenvalue weighted by molar-refractivity contribution is -0.131. The van der Waals surface area contributed by atoms with Gasteiger partial charge in [-0.05, 0) is 34.9 Å². The lowest BCUT2D eigenvalue weighted by Gasteiger charge is -2.20. The third kappa shape index (κ3) is 5.16. The van der Waals surface area contributed by atoms with Crippen LogP contribution in [-0.2, 0) is 16.0 Å². The van der Waals surface area contributed by atoms with Gasteiger partial charge in [-0.25, -0.2) is 0 Å². The van der Waals surface area contributed by atoms with E-state index >= 15 is 0 Å². The molecule has 1 atom stereocenters. The summed E-state index contributed by atoms with van der Waals surface area (Å²) < 4.78 is 0. The topological polar surface area (TPSA) is 89.9 Å². The van der Waals surface area contributed by atoms with Crippen molar-refractivity contribution in [3.05, 3.63) is 35.0 Å². The molecular weight excluding hydrogens is 279 g/mol. The number of nitrogens with one attached hydrogen (secondary N) is 1. The number of carbonyl (C=O) groups is 2. The zero-order chi connectivity index (χ0) is 15.1. The Morgan fingerprint density at radius 2 is 2.30 bits per heavy atom. The fourth-order valence-electron chi connectivity index (χ4n) is 1.60. The van der Waals surface area contributed by atoms with Crippen LogP contribution in [0.2, 0.25) is 0 Å². The van der Waals surface area contributed by atoms with Crippen molar-refractivity contribution in [1.29, 1.82) is 0 Å². The normalized spacial score (nSPS) is 11.6. The Hall–Kier alpha value is -1.64. The first-order chi connectivity index (χ1) is 9.43. The number of rotatable bonds is 7. The minimum absolute atomic E-state index is 0.169. The van der Waals surface area contributed by atoms with Gasteiger partial charge in [0.25, 0.3) is 0 Å². The van der Waals surface area contributed by atoms with Crippen molar-refractivity contribution in [2.45, 2.75) is 12.4 Å². The molecule has 108 valence electrons. The van der Waals surface area contributed by atoms with Gasteiger partial charge >= 0.3 is 7.12 Å². The Bertz CT molecular complexity index is 464. The summed E-state index contributed by atoms with van der Waals surface area (Å²) in [7, 11) is -0.202. The van der Waals surface area contributed by atoms with Crippen molar-refractivity contribution >= 4 is 30.3 Å². The highest BCUT2D eigenvalue weighted by Crippen LogP contribution is 2.09. The van der Waals surface area contributed by atoms with Gasteiger partial charge in [0.1, 0.15) is 0 Å². The maximum absolute atomic E-state index is 11.8. The quantitative estimate of drug-likeness (QED) is 0.464. The highest BCUT2D eigenvalue weighted by molar-refractivity contribution is 7.07. The van der Waals surface area contributed by atoms with Gasteiger partial charge < -0.3 is 20.3 Å². The maximum atomic E-state index is 11.8. The molecule has 6 nitrogen and oxygen atoms in total. The van der Waals surface area contributed by atoms with Gasteiger partial charge in [0.05, 0.1) is 12.5 Å². The predicted molar refractivity (Wildman–Crippen MR) is 78.0 cm³/mol. The van der Waals surface area contributed by atoms with Crippen LogP contribution in [0, 0.1) is 0 Å². The fourth-order valence-corrected chi connectivity index (χ4v) is 2.28. The molecule has 0 spiro atoms. The van der Waals surface area contributed by atoms with Gasteiger partial charge in [0.2, 0.25) is 11.8 Å². The van der Waals surface area contributed by atoms with Crippen LogP contribution in [0.4, 0.5) is 0 Å². The summed E-state index contributed by atoms with van der Waals surface area (Å²) in [5, 5.41) is 24.8. The summed E-state index contributed by atoms with van der Waals surface area (Å²) in [6.07, 6.45) is 1.42. The molecule has 8 heteroatoms. The minimum atomic E-state index is -1.67. The molecule has 0 aromatic carbocycles. The number of carbonyl (C=O) groups excluding carboxylic acids is 2.